The van der Waals surface area contributed by atoms with Gasteiger partial charge in [-0.1, -0.05) is 19.9 Å². The second-order valence-corrected chi connectivity index (χ2v) is 3.20. The molecule has 0 bridgehead atoms. The topological polar surface area (TPSA) is 21.3 Å². The zero-order chi connectivity index (χ0) is 10.3. The Labute approximate surface area is 78.0 Å². The van der Waals surface area contributed by atoms with Crippen LogP contribution in [0.2, 0.25) is 0 Å². The van der Waals surface area contributed by atoms with E-state index in [4.69, 9.17) is 0 Å². The molecule has 0 aromatic rings. The molecule has 0 saturated carbocycles. The largest absolute Gasteiger partial charge is 0.371 e. The molecule has 0 aliphatic heterocycles. The van der Waals surface area contributed by atoms with Gasteiger partial charge in [0, 0.05) is 6.04 Å². The summed E-state index contributed by atoms with van der Waals surface area (Å²) >= 11 is 0. The second-order valence-electron chi connectivity index (χ2n) is 3.20. The van der Waals surface area contributed by atoms with Crippen molar-refractivity contribution < 1.29 is 13.5 Å². The molecular weight excluding hydrogens is 176 g/mol. The van der Waals surface area contributed by atoms with Gasteiger partial charge in [0.25, 0.3) is 5.92 Å². The Hall–Kier alpha value is -0.480. The lowest BCUT2D eigenvalue weighted by Gasteiger charge is -2.18. The maximum absolute atomic E-state index is 12.9. The Bertz CT molecular complexity index is 149. The molecule has 13 heavy (non-hydrogen) atoms. The predicted octanol–water partition coefficient (Wildman–Crippen LogP) is 1.82. The third-order valence-corrected chi connectivity index (χ3v) is 1.32. The van der Waals surface area contributed by atoms with E-state index in [1.165, 1.54) is 6.08 Å². The molecule has 0 radical (unpaired) electrons. The number of hydrogen-bond donors (Lipinski definition) is 1. The molecule has 0 amide bonds. The van der Waals surface area contributed by atoms with E-state index in [0.29, 0.717) is 0 Å². The molecule has 1 N–H and O–H groups in total. The number of nitrogens with one attached hydrogen (secondary N) is 1. The monoisotopic (exact) mass is 193 g/mol. The zero-order valence-electron chi connectivity index (χ0n) is 8.15. The second kappa shape index (κ2) is 6.05. The van der Waals surface area contributed by atoms with E-state index < -0.39 is 12.5 Å². The first kappa shape index (κ1) is 12.5. The molecule has 0 aliphatic carbocycles. The molecule has 0 saturated heterocycles. The van der Waals surface area contributed by atoms with E-state index in [1.807, 2.05) is 13.8 Å². The maximum Gasteiger partial charge on any atom is 0.283 e. The van der Waals surface area contributed by atoms with Crippen molar-refractivity contribution in [2.45, 2.75) is 25.8 Å². The highest BCUT2D eigenvalue weighted by Gasteiger charge is 2.28. The quantitative estimate of drug-likeness (QED) is 0.492. The van der Waals surface area contributed by atoms with E-state index in [-0.39, 0.29) is 19.2 Å². The highest BCUT2D eigenvalue weighted by atomic mass is 19.3. The smallest absolute Gasteiger partial charge is 0.283 e. The third-order valence-electron chi connectivity index (χ3n) is 1.32. The molecule has 0 spiro atoms. The lowest BCUT2D eigenvalue weighted by atomic mass is 10.3. The number of rotatable bonds is 7. The van der Waals surface area contributed by atoms with Crippen LogP contribution in [-0.2, 0) is 4.74 Å². The number of ether oxygens (including phenoxy) is 1. The van der Waals surface area contributed by atoms with Gasteiger partial charge in [-0.05, 0) is 0 Å². The first-order valence-electron chi connectivity index (χ1n) is 4.28. The van der Waals surface area contributed by atoms with Crippen molar-refractivity contribution in [1.82, 2.24) is 5.32 Å². The van der Waals surface area contributed by atoms with Gasteiger partial charge in [-0.3, -0.25) is 0 Å². The van der Waals surface area contributed by atoms with Crippen molar-refractivity contribution >= 4 is 0 Å². The summed E-state index contributed by atoms with van der Waals surface area (Å²) in [6.07, 6.45) is 1.45. The van der Waals surface area contributed by atoms with Crippen LogP contribution in [0.15, 0.2) is 12.7 Å². The molecule has 0 heterocycles. The average Bonchev–Trinajstić information content (AvgIpc) is 2.02. The van der Waals surface area contributed by atoms with Gasteiger partial charge in [0.2, 0.25) is 0 Å². The molecule has 78 valence electrons. The van der Waals surface area contributed by atoms with Crippen LogP contribution in [0.5, 0.6) is 0 Å². The summed E-state index contributed by atoms with van der Waals surface area (Å²) in [5.41, 5.74) is 0. The molecule has 2 nitrogen and oxygen atoms in total. The summed E-state index contributed by atoms with van der Waals surface area (Å²) in [4.78, 5) is 0. The van der Waals surface area contributed by atoms with Gasteiger partial charge in [0.1, 0.15) is 6.61 Å². The van der Waals surface area contributed by atoms with Gasteiger partial charge in [-0.25, -0.2) is 8.78 Å². The van der Waals surface area contributed by atoms with E-state index in [0.717, 1.165) is 0 Å². The van der Waals surface area contributed by atoms with Gasteiger partial charge < -0.3 is 10.1 Å². The van der Waals surface area contributed by atoms with E-state index in [9.17, 15) is 8.78 Å². The third kappa shape index (κ3) is 7.87. The Morgan fingerprint density at radius 2 is 2.15 bits per heavy atom. The predicted molar refractivity (Wildman–Crippen MR) is 49.1 cm³/mol. The number of alkyl halides is 2. The van der Waals surface area contributed by atoms with Crippen LogP contribution in [0.4, 0.5) is 8.78 Å². The molecule has 0 aromatic heterocycles. The van der Waals surface area contributed by atoms with Crippen LogP contribution in [0.3, 0.4) is 0 Å². The standard InChI is InChI=1S/C9H17F2NO/c1-4-5-13-7-9(10,11)6-12-8(2)3/h4,8,12H,1,5-7H2,2-3H3. The summed E-state index contributed by atoms with van der Waals surface area (Å²) in [5, 5.41) is 2.66. The number of hydrogen-bond acceptors (Lipinski definition) is 2. The summed E-state index contributed by atoms with van der Waals surface area (Å²) < 4.78 is 30.4. The van der Waals surface area contributed by atoms with Crippen LogP contribution in [0.1, 0.15) is 13.8 Å². The van der Waals surface area contributed by atoms with Crippen molar-refractivity contribution in [1.29, 1.82) is 0 Å². The van der Waals surface area contributed by atoms with E-state index >= 15 is 0 Å². The lowest BCUT2D eigenvalue weighted by Crippen LogP contribution is -2.39. The summed E-state index contributed by atoms with van der Waals surface area (Å²) in [6.45, 7) is 6.27. The highest BCUT2D eigenvalue weighted by Crippen LogP contribution is 2.12. The van der Waals surface area contributed by atoms with Gasteiger partial charge in [0.05, 0.1) is 13.2 Å². The van der Waals surface area contributed by atoms with E-state index in [2.05, 4.69) is 16.6 Å². The van der Waals surface area contributed by atoms with Crippen molar-refractivity contribution in [3.63, 3.8) is 0 Å². The highest BCUT2D eigenvalue weighted by molar-refractivity contribution is 4.72. The van der Waals surface area contributed by atoms with Crippen molar-refractivity contribution in [3.8, 4) is 0 Å². The lowest BCUT2D eigenvalue weighted by molar-refractivity contribution is -0.0699. The minimum absolute atomic E-state index is 0.0604. The fourth-order valence-corrected chi connectivity index (χ4v) is 0.696. The minimum Gasteiger partial charge on any atom is -0.371 e. The Balaban J connectivity index is 3.59. The average molecular weight is 193 g/mol. The molecule has 0 aromatic carbocycles. The van der Waals surface area contributed by atoms with Crippen LogP contribution in [0, 0.1) is 0 Å². The van der Waals surface area contributed by atoms with Crippen molar-refractivity contribution in [2.75, 3.05) is 19.8 Å². The molecule has 0 rings (SSSR count). The van der Waals surface area contributed by atoms with Gasteiger partial charge in [-0.15, -0.1) is 6.58 Å². The molecular formula is C9H17F2NO. The van der Waals surface area contributed by atoms with Crippen LogP contribution >= 0.6 is 0 Å². The molecule has 0 unspecified atom stereocenters. The normalized spacial score (nSPS) is 12.1. The summed E-state index contributed by atoms with van der Waals surface area (Å²) in [5.74, 6) is -2.80. The Morgan fingerprint density at radius 3 is 2.62 bits per heavy atom. The number of halogens is 2. The fourth-order valence-electron chi connectivity index (χ4n) is 0.696. The van der Waals surface area contributed by atoms with E-state index in [1.54, 1.807) is 0 Å². The first-order chi connectivity index (χ1) is 5.98. The maximum atomic E-state index is 12.9. The van der Waals surface area contributed by atoms with Crippen molar-refractivity contribution in [3.05, 3.63) is 12.7 Å². The van der Waals surface area contributed by atoms with Crippen molar-refractivity contribution in [2.24, 2.45) is 0 Å². The Kier molecular flexibility index (Phi) is 5.82. The summed E-state index contributed by atoms with van der Waals surface area (Å²) in [7, 11) is 0. The van der Waals surface area contributed by atoms with Crippen LogP contribution in [-0.4, -0.2) is 31.7 Å². The Morgan fingerprint density at radius 1 is 1.54 bits per heavy atom. The minimum atomic E-state index is -2.80. The SMILES string of the molecule is C=CCOCC(F)(F)CNC(C)C. The van der Waals surface area contributed by atoms with Crippen LogP contribution < -0.4 is 5.32 Å². The summed E-state index contributed by atoms with van der Waals surface area (Å²) in [6, 6.07) is 0.0604. The van der Waals surface area contributed by atoms with Gasteiger partial charge in [-0.2, -0.15) is 0 Å². The van der Waals surface area contributed by atoms with Crippen LogP contribution in [0.25, 0.3) is 0 Å². The molecule has 4 heteroatoms. The fraction of sp³-hybridized carbons (Fsp3) is 0.778. The van der Waals surface area contributed by atoms with Gasteiger partial charge >= 0.3 is 0 Å². The molecule has 0 aliphatic rings. The molecule has 0 fully saturated rings. The van der Waals surface area contributed by atoms with Gasteiger partial charge in [0.15, 0.2) is 0 Å². The first-order valence-corrected chi connectivity index (χ1v) is 4.28. The zero-order valence-corrected chi connectivity index (χ0v) is 8.15. The molecule has 0 atom stereocenters.